The number of ether oxygens (including phenoxy) is 1. The third kappa shape index (κ3) is 3.96. The maximum Gasteiger partial charge on any atom is 0.310 e. The largest absolute Gasteiger partial charge is 0.466 e. The van der Waals surface area contributed by atoms with Gasteiger partial charge in [0.15, 0.2) is 0 Å². The smallest absolute Gasteiger partial charge is 0.310 e. The Hall–Kier alpha value is -1.55. The molecule has 4 nitrogen and oxygen atoms in total. The Morgan fingerprint density at radius 3 is 2.79 bits per heavy atom. The monoisotopic (exact) mass is 332 g/mol. The quantitative estimate of drug-likeness (QED) is 0.614. The van der Waals surface area contributed by atoms with Crippen molar-refractivity contribution in [3.8, 4) is 6.07 Å². The molecule has 19 heavy (non-hydrogen) atoms. The third-order valence-corrected chi connectivity index (χ3v) is 2.94. The van der Waals surface area contributed by atoms with E-state index in [9.17, 15) is 13.6 Å². The number of nitriles is 1. The summed E-state index contributed by atoms with van der Waals surface area (Å²) >= 11 is 3.15. The molecule has 0 saturated carbocycles. The van der Waals surface area contributed by atoms with Crippen molar-refractivity contribution >= 4 is 21.9 Å². The SMILES string of the molecule is CCOC(=O)Cc1c(CBr)cc(C#N)nc1C(F)F. The Balaban J connectivity index is 3.26. The fourth-order valence-corrected chi connectivity index (χ4v) is 2.06. The Labute approximate surface area is 117 Å². The molecule has 0 aliphatic heterocycles. The lowest BCUT2D eigenvalue weighted by Gasteiger charge is -2.12. The van der Waals surface area contributed by atoms with Gasteiger partial charge in [-0.2, -0.15) is 5.26 Å². The molecular weight excluding hydrogens is 322 g/mol. The van der Waals surface area contributed by atoms with Gasteiger partial charge in [0.2, 0.25) is 0 Å². The van der Waals surface area contributed by atoms with Gasteiger partial charge in [-0.1, -0.05) is 15.9 Å². The van der Waals surface area contributed by atoms with E-state index < -0.39 is 18.1 Å². The van der Waals surface area contributed by atoms with Crippen LogP contribution in [-0.2, 0) is 21.3 Å². The minimum atomic E-state index is -2.85. The Bertz CT molecular complexity index is 515. The zero-order valence-corrected chi connectivity index (χ0v) is 11.7. The van der Waals surface area contributed by atoms with Crippen molar-refractivity contribution in [1.29, 1.82) is 5.26 Å². The molecule has 7 heteroatoms. The number of nitrogens with zero attached hydrogens (tertiary/aromatic N) is 2. The molecule has 1 rings (SSSR count). The van der Waals surface area contributed by atoms with Gasteiger partial charge < -0.3 is 4.74 Å². The van der Waals surface area contributed by atoms with Gasteiger partial charge in [0.25, 0.3) is 6.43 Å². The molecule has 0 spiro atoms. The number of halogens is 3. The summed E-state index contributed by atoms with van der Waals surface area (Å²) in [5.74, 6) is -0.599. The molecule has 1 aromatic heterocycles. The lowest BCUT2D eigenvalue weighted by molar-refractivity contribution is -0.142. The molecule has 0 saturated heterocycles. The number of alkyl halides is 3. The average Bonchev–Trinajstić information content (AvgIpc) is 2.38. The van der Waals surface area contributed by atoms with Gasteiger partial charge in [0.05, 0.1) is 13.0 Å². The number of hydrogen-bond donors (Lipinski definition) is 0. The second-order valence-corrected chi connectivity index (χ2v) is 4.12. The van der Waals surface area contributed by atoms with E-state index in [2.05, 4.69) is 20.9 Å². The topological polar surface area (TPSA) is 63.0 Å². The second kappa shape index (κ2) is 7.14. The van der Waals surface area contributed by atoms with Crippen molar-refractivity contribution in [3.05, 3.63) is 28.6 Å². The third-order valence-electron chi connectivity index (χ3n) is 2.34. The highest BCUT2D eigenvalue weighted by molar-refractivity contribution is 9.08. The molecule has 102 valence electrons. The zero-order chi connectivity index (χ0) is 14.4. The first kappa shape index (κ1) is 15.5. The van der Waals surface area contributed by atoms with Gasteiger partial charge in [-0.25, -0.2) is 13.8 Å². The van der Waals surface area contributed by atoms with Gasteiger partial charge in [-0.3, -0.25) is 4.79 Å². The fourth-order valence-electron chi connectivity index (χ4n) is 1.56. The predicted octanol–water partition coefficient (Wildman–Crippen LogP) is 2.89. The molecule has 0 aliphatic rings. The average molecular weight is 333 g/mol. The number of esters is 1. The minimum absolute atomic E-state index is 0.0997. The molecule has 0 bridgehead atoms. The molecular formula is C12H11BrF2N2O2. The lowest BCUT2D eigenvalue weighted by atomic mass is 10.0. The molecule has 0 atom stereocenters. The summed E-state index contributed by atoms with van der Waals surface area (Å²) < 4.78 is 30.7. The molecule has 0 N–H and O–H groups in total. The Morgan fingerprint density at radius 1 is 1.63 bits per heavy atom. The predicted molar refractivity (Wildman–Crippen MR) is 66.9 cm³/mol. The molecule has 1 aromatic rings. The van der Waals surface area contributed by atoms with Crippen LogP contribution in [-0.4, -0.2) is 17.6 Å². The highest BCUT2D eigenvalue weighted by atomic mass is 79.9. The molecule has 0 aromatic carbocycles. The van der Waals surface area contributed by atoms with E-state index in [1.165, 1.54) is 6.07 Å². The number of carbonyl (C=O) groups is 1. The van der Waals surface area contributed by atoms with Crippen LogP contribution in [0.1, 0.15) is 35.9 Å². The fraction of sp³-hybridized carbons (Fsp3) is 0.417. The van der Waals surface area contributed by atoms with Crippen LogP contribution >= 0.6 is 15.9 Å². The highest BCUT2D eigenvalue weighted by Crippen LogP contribution is 2.26. The first-order valence-corrected chi connectivity index (χ1v) is 6.58. The number of rotatable bonds is 5. The summed E-state index contributed by atoms with van der Waals surface area (Å²) in [6.45, 7) is 1.81. The Kier molecular flexibility index (Phi) is 5.83. The van der Waals surface area contributed by atoms with Gasteiger partial charge in [-0.05, 0) is 24.1 Å². The number of pyridine rings is 1. The van der Waals surface area contributed by atoms with Crippen LogP contribution in [0, 0.1) is 11.3 Å². The van der Waals surface area contributed by atoms with Crippen LogP contribution in [0.4, 0.5) is 8.78 Å². The van der Waals surface area contributed by atoms with E-state index in [1.807, 2.05) is 0 Å². The van der Waals surface area contributed by atoms with Gasteiger partial charge in [-0.15, -0.1) is 0 Å². The molecule has 0 amide bonds. The lowest BCUT2D eigenvalue weighted by Crippen LogP contribution is -2.13. The van der Waals surface area contributed by atoms with Crippen LogP contribution in [0.25, 0.3) is 0 Å². The number of aromatic nitrogens is 1. The van der Waals surface area contributed by atoms with E-state index in [0.29, 0.717) is 5.56 Å². The summed E-state index contributed by atoms with van der Waals surface area (Å²) in [4.78, 5) is 15.0. The maximum atomic E-state index is 13.0. The number of hydrogen-bond acceptors (Lipinski definition) is 4. The van der Waals surface area contributed by atoms with Crippen molar-refractivity contribution in [3.63, 3.8) is 0 Å². The van der Waals surface area contributed by atoms with Gasteiger partial charge in [0.1, 0.15) is 17.5 Å². The van der Waals surface area contributed by atoms with E-state index in [-0.39, 0.29) is 29.6 Å². The molecule has 0 radical (unpaired) electrons. The van der Waals surface area contributed by atoms with Crippen molar-refractivity contribution < 1.29 is 18.3 Å². The Morgan fingerprint density at radius 2 is 2.32 bits per heavy atom. The molecule has 0 unspecified atom stereocenters. The summed E-state index contributed by atoms with van der Waals surface area (Å²) in [6.07, 6.45) is -3.14. The molecule has 0 aliphatic carbocycles. The van der Waals surface area contributed by atoms with Crippen molar-refractivity contribution in [2.75, 3.05) is 6.61 Å². The summed E-state index contributed by atoms with van der Waals surface area (Å²) in [7, 11) is 0. The van der Waals surface area contributed by atoms with E-state index in [0.717, 1.165) is 0 Å². The molecule has 0 fully saturated rings. The summed E-state index contributed by atoms with van der Waals surface area (Å²) in [5.41, 5.74) is -0.0851. The van der Waals surface area contributed by atoms with Crippen LogP contribution < -0.4 is 0 Å². The van der Waals surface area contributed by atoms with Crippen LogP contribution in [0.5, 0.6) is 0 Å². The van der Waals surface area contributed by atoms with E-state index in [4.69, 9.17) is 10.00 Å². The van der Waals surface area contributed by atoms with Gasteiger partial charge >= 0.3 is 5.97 Å². The van der Waals surface area contributed by atoms with Crippen molar-refractivity contribution in [1.82, 2.24) is 4.98 Å². The van der Waals surface area contributed by atoms with Crippen molar-refractivity contribution in [2.24, 2.45) is 0 Å². The van der Waals surface area contributed by atoms with Crippen molar-refractivity contribution in [2.45, 2.75) is 25.1 Å². The zero-order valence-electron chi connectivity index (χ0n) is 10.1. The highest BCUT2D eigenvalue weighted by Gasteiger charge is 2.22. The number of carbonyl (C=O) groups excluding carboxylic acids is 1. The van der Waals surface area contributed by atoms with Crippen LogP contribution in [0.2, 0.25) is 0 Å². The second-order valence-electron chi connectivity index (χ2n) is 3.56. The minimum Gasteiger partial charge on any atom is -0.466 e. The summed E-state index contributed by atoms with van der Waals surface area (Å²) in [5, 5.41) is 9.01. The summed E-state index contributed by atoms with van der Waals surface area (Å²) in [6, 6.07) is 3.11. The van der Waals surface area contributed by atoms with E-state index >= 15 is 0 Å². The van der Waals surface area contributed by atoms with Gasteiger partial charge in [0, 0.05) is 5.33 Å². The van der Waals surface area contributed by atoms with Crippen LogP contribution in [0.15, 0.2) is 6.07 Å². The first-order chi connectivity index (χ1) is 9.03. The molecule has 1 heterocycles. The maximum absolute atomic E-state index is 13.0. The van der Waals surface area contributed by atoms with Crippen LogP contribution in [0.3, 0.4) is 0 Å². The standard InChI is InChI=1S/C12H11BrF2N2O2/c1-2-19-10(18)4-9-7(5-13)3-8(6-16)17-11(9)12(14)15/h3,12H,2,4-5H2,1H3. The first-order valence-electron chi connectivity index (χ1n) is 5.46. The normalized spacial score (nSPS) is 10.3. The van der Waals surface area contributed by atoms with E-state index in [1.54, 1.807) is 13.0 Å².